The molecule has 0 unspecified atom stereocenters. The highest BCUT2D eigenvalue weighted by Crippen LogP contribution is 2.11. The maximum absolute atomic E-state index is 11.7. The molecule has 4 heteroatoms. The van der Waals surface area contributed by atoms with E-state index in [1.54, 1.807) is 12.5 Å². The van der Waals surface area contributed by atoms with Crippen LogP contribution in [0.25, 0.3) is 0 Å². The van der Waals surface area contributed by atoms with Crippen molar-refractivity contribution in [3.63, 3.8) is 0 Å². The highest BCUT2D eigenvalue weighted by molar-refractivity contribution is 5.75. The van der Waals surface area contributed by atoms with Crippen LogP contribution in [0.5, 0.6) is 0 Å². The number of hydrogen-bond acceptors (Lipinski definition) is 2. The lowest BCUT2D eigenvalue weighted by Crippen LogP contribution is -2.25. The zero-order valence-corrected chi connectivity index (χ0v) is 14.9. The highest BCUT2D eigenvalue weighted by atomic mass is 16.1. The van der Waals surface area contributed by atoms with Gasteiger partial charge in [0.05, 0.1) is 6.33 Å². The maximum atomic E-state index is 11.7. The van der Waals surface area contributed by atoms with Gasteiger partial charge in [-0.05, 0) is 6.42 Å². The molecule has 0 fully saturated rings. The highest BCUT2D eigenvalue weighted by Gasteiger charge is 2.01. The van der Waals surface area contributed by atoms with Crippen molar-refractivity contribution in [3.05, 3.63) is 18.2 Å². The van der Waals surface area contributed by atoms with Crippen LogP contribution in [-0.2, 0) is 11.2 Å². The second kappa shape index (κ2) is 14.3. The SMILES string of the molecule is CCCCCCCCCCCCCC(=O)NCCc1cnc[nH]1. The molecule has 0 aliphatic heterocycles. The summed E-state index contributed by atoms with van der Waals surface area (Å²) in [6.45, 7) is 2.96. The molecule has 0 aliphatic carbocycles. The standard InChI is InChI=1S/C19H35N3O/c1-2-3-4-5-6-7-8-9-10-11-12-13-19(23)21-15-14-18-16-20-17-22-18/h16-17H,2-15H2,1H3,(H,20,22)(H,21,23). The van der Waals surface area contributed by atoms with Gasteiger partial charge in [0.2, 0.25) is 5.91 Å². The molecule has 1 amide bonds. The predicted molar refractivity (Wildman–Crippen MR) is 96.4 cm³/mol. The van der Waals surface area contributed by atoms with Crippen LogP contribution < -0.4 is 5.32 Å². The van der Waals surface area contributed by atoms with E-state index in [4.69, 9.17) is 0 Å². The Hall–Kier alpha value is -1.32. The molecule has 0 saturated carbocycles. The molecule has 0 spiro atoms. The maximum Gasteiger partial charge on any atom is 0.220 e. The third-order valence-electron chi connectivity index (χ3n) is 4.28. The Morgan fingerprint density at radius 3 is 2.17 bits per heavy atom. The molecule has 1 heterocycles. The predicted octanol–water partition coefficient (Wildman–Crippen LogP) is 4.77. The fourth-order valence-electron chi connectivity index (χ4n) is 2.80. The molecular weight excluding hydrogens is 286 g/mol. The van der Waals surface area contributed by atoms with Gasteiger partial charge in [-0.1, -0.05) is 71.1 Å². The fourth-order valence-corrected chi connectivity index (χ4v) is 2.80. The molecule has 0 aromatic carbocycles. The van der Waals surface area contributed by atoms with Gasteiger partial charge in [-0.2, -0.15) is 0 Å². The Balaban J connectivity index is 1.79. The summed E-state index contributed by atoms with van der Waals surface area (Å²) >= 11 is 0. The first-order chi connectivity index (χ1) is 11.3. The largest absolute Gasteiger partial charge is 0.356 e. The molecule has 0 bridgehead atoms. The molecule has 1 aromatic heterocycles. The first kappa shape index (κ1) is 19.7. The first-order valence-electron chi connectivity index (χ1n) is 9.57. The molecule has 23 heavy (non-hydrogen) atoms. The number of nitrogens with one attached hydrogen (secondary N) is 2. The number of aromatic amines is 1. The van der Waals surface area contributed by atoms with Gasteiger partial charge >= 0.3 is 0 Å². The number of imidazole rings is 1. The summed E-state index contributed by atoms with van der Waals surface area (Å²) in [5, 5.41) is 2.97. The van der Waals surface area contributed by atoms with E-state index in [-0.39, 0.29) is 5.91 Å². The fraction of sp³-hybridized carbons (Fsp3) is 0.789. The van der Waals surface area contributed by atoms with Crippen molar-refractivity contribution in [1.82, 2.24) is 15.3 Å². The minimum Gasteiger partial charge on any atom is -0.356 e. The summed E-state index contributed by atoms with van der Waals surface area (Å²) < 4.78 is 0. The smallest absolute Gasteiger partial charge is 0.220 e. The number of aromatic nitrogens is 2. The topological polar surface area (TPSA) is 57.8 Å². The Bertz CT molecular complexity index is 376. The average Bonchev–Trinajstić information content (AvgIpc) is 3.06. The van der Waals surface area contributed by atoms with Crippen LogP contribution in [0.1, 0.15) is 89.7 Å². The summed E-state index contributed by atoms with van der Waals surface area (Å²) in [6, 6.07) is 0. The molecule has 4 nitrogen and oxygen atoms in total. The summed E-state index contributed by atoms with van der Waals surface area (Å²) in [7, 11) is 0. The van der Waals surface area contributed by atoms with Crippen LogP contribution in [0.4, 0.5) is 0 Å². The molecule has 1 rings (SSSR count). The van der Waals surface area contributed by atoms with E-state index in [0.29, 0.717) is 13.0 Å². The van der Waals surface area contributed by atoms with Crippen LogP contribution in [0, 0.1) is 0 Å². The first-order valence-corrected chi connectivity index (χ1v) is 9.57. The van der Waals surface area contributed by atoms with Gasteiger partial charge in [0, 0.05) is 31.3 Å². The van der Waals surface area contributed by atoms with Gasteiger partial charge < -0.3 is 10.3 Å². The third kappa shape index (κ3) is 11.8. The van der Waals surface area contributed by atoms with Crippen molar-refractivity contribution in [2.75, 3.05) is 6.54 Å². The van der Waals surface area contributed by atoms with Crippen molar-refractivity contribution in [2.45, 2.75) is 90.4 Å². The number of carbonyl (C=O) groups excluding carboxylic acids is 1. The van der Waals surface area contributed by atoms with E-state index in [9.17, 15) is 4.79 Å². The third-order valence-corrected chi connectivity index (χ3v) is 4.28. The summed E-state index contributed by atoms with van der Waals surface area (Å²) in [6.07, 6.45) is 19.5. The lowest BCUT2D eigenvalue weighted by atomic mass is 10.1. The lowest BCUT2D eigenvalue weighted by Gasteiger charge is -2.05. The van der Waals surface area contributed by atoms with Crippen LogP contribution in [-0.4, -0.2) is 22.4 Å². The Morgan fingerprint density at radius 2 is 1.61 bits per heavy atom. The number of carbonyl (C=O) groups is 1. The van der Waals surface area contributed by atoms with Crippen molar-refractivity contribution in [2.24, 2.45) is 0 Å². The van der Waals surface area contributed by atoms with Crippen molar-refractivity contribution in [1.29, 1.82) is 0 Å². The van der Waals surface area contributed by atoms with Gasteiger partial charge in [0.1, 0.15) is 0 Å². The van der Waals surface area contributed by atoms with Crippen LogP contribution in [0.2, 0.25) is 0 Å². The molecule has 132 valence electrons. The second-order valence-electron chi connectivity index (χ2n) is 6.46. The summed E-state index contributed by atoms with van der Waals surface area (Å²) in [4.78, 5) is 18.7. The average molecular weight is 322 g/mol. The number of hydrogen-bond donors (Lipinski definition) is 2. The summed E-state index contributed by atoms with van der Waals surface area (Å²) in [5.41, 5.74) is 1.07. The van der Waals surface area contributed by atoms with E-state index in [1.165, 1.54) is 64.2 Å². The van der Waals surface area contributed by atoms with E-state index in [0.717, 1.165) is 18.5 Å². The van der Waals surface area contributed by atoms with Crippen LogP contribution in [0.3, 0.4) is 0 Å². The van der Waals surface area contributed by atoms with Crippen molar-refractivity contribution in [3.8, 4) is 0 Å². The monoisotopic (exact) mass is 321 g/mol. The van der Waals surface area contributed by atoms with Crippen LogP contribution in [0.15, 0.2) is 12.5 Å². The van der Waals surface area contributed by atoms with Crippen molar-refractivity contribution < 1.29 is 4.79 Å². The van der Waals surface area contributed by atoms with Gasteiger partial charge in [0.25, 0.3) is 0 Å². The number of amides is 1. The quantitative estimate of drug-likeness (QED) is 0.457. The Labute approximate surface area is 141 Å². The molecule has 0 radical (unpaired) electrons. The van der Waals surface area contributed by atoms with Gasteiger partial charge in [-0.15, -0.1) is 0 Å². The zero-order chi connectivity index (χ0) is 16.6. The van der Waals surface area contributed by atoms with Gasteiger partial charge in [-0.3, -0.25) is 4.79 Å². The molecule has 1 aromatic rings. The van der Waals surface area contributed by atoms with E-state index in [2.05, 4.69) is 22.2 Å². The van der Waals surface area contributed by atoms with Crippen LogP contribution >= 0.6 is 0 Å². The number of H-pyrrole nitrogens is 1. The second-order valence-corrected chi connectivity index (χ2v) is 6.46. The van der Waals surface area contributed by atoms with E-state index in [1.807, 2.05) is 0 Å². The Kier molecular flexibility index (Phi) is 12.3. The number of nitrogens with zero attached hydrogens (tertiary/aromatic N) is 1. The zero-order valence-electron chi connectivity index (χ0n) is 14.9. The molecular formula is C19H35N3O. The molecule has 0 atom stereocenters. The van der Waals surface area contributed by atoms with Crippen molar-refractivity contribution >= 4 is 5.91 Å². The van der Waals surface area contributed by atoms with E-state index < -0.39 is 0 Å². The number of unbranched alkanes of at least 4 members (excludes halogenated alkanes) is 10. The normalized spacial score (nSPS) is 10.8. The van der Waals surface area contributed by atoms with Gasteiger partial charge in [0.15, 0.2) is 0 Å². The molecule has 0 aliphatic rings. The van der Waals surface area contributed by atoms with Gasteiger partial charge in [-0.25, -0.2) is 4.98 Å². The lowest BCUT2D eigenvalue weighted by molar-refractivity contribution is -0.121. The van der Waals surface area contributed by atoms with E-state index >= 15 is 0 Å². The minimum absolute atomic E-state index is 0.181. The summed E-state index contributed by atoms with van der Waals surface area (Å²) in [5.74, 6) is 0.181. The number of rotatable bonds is 15. The minimum atomic E-state index is 0.181. The molecule has 2 N–H and O–H groups in total. The molecule has 0 saturated heterocycles. The Morgan fingerprint density at radius 1 is 1.00 bits per heavy atom.